The Morgan fingerprint density at radius 3 is 2.08 bits per heavy atom. The fraction of sp³-hybridized carbons (Fsp3) is 0.267. The number of benzene rings is 3. The van der Waals surface area contributed by atoms with Gasteiger partial charge >= 0.3 is 5.97 Å². The number of hydrogen-bond donors (Lipinski definition) is 0. The smallest absolute Gasteiger partial charge is 0.338 e. The van der Waals surface area contributed by atoms with E-state index in [0.29, 0.717) is 35.7 Å². The second-order valence-corrected chi connectivity index (χ2v) is 9.53. The number of piperidine rings is 1. The number of nitrogens with zero attached hydrogens (tertiary/aromatic N) is 2. The molecule has 1 fully saturated rings. The molecule has 0 aliphatic carbocycles. The molecule has 0 spiro atoms. The summed E-state index contributed by atoms with van der Waals surface area (Å²) in [5.41, 5.74) is 2.96. The number of hydrogen-bond acceptors (Lipinski definition) is 5. The number of likely N-dealkylation sites (tertiary alicyclic amines) is 1. The van der Waals surface area contributed by atoms with Crippen molar-refractivity contribution < 1.29 is 23.9 Å². The van der Waals surface area contributed by atoms with E-state index in [1.165, 1.54) is 10.5 Å². The number of esters is 1. The van der Waals surface area contributed by atoms with Gasteiger partial charge in [-0.25, -0.2) is 4.79 Å². The highest BCUT2D eigenvalue weighted by atomic mass is 16.5. The first-order valence-corrected chi connectivity index (χ1v) is 12.5. The molecule has 0 unspecified atom stereocenters. The van der Waals surface area contributed by atoms with Crippen molar-refractivity contribution >= 4 is 23.7 Å². The van der Waals surface area contributed by atoms with Crippen LogP contribution in [0.4, 0.5) is 0 Å². The number of carbonyl (C=O) groups is 4. The third-order valence-corrected chi connectivity index (χ3v) is 7.04. The maximum atomic E-state index is 12.6. The monoisotopic (exact) mass is 496 g/mol. The van der Waals surface area contributed by atoms with Crippen molar-refractivity contribution in [2.24, 2.45) is 5.92 Å². The van der Waals surface area contributed by atoms with Crippen LogP contribution in [0, 0.1) is 5.92 Å². The largest absolute Gasteiger partial charge is 0.452 e. The molecule has 3 amide bonds. The lowest BCUT2D eigenvalue weighted by Crippen LogP contribution is -2.41. The summed E-state index contributed by atoms with van der Waals surface area (Å²) in [5, 5.41) is 0. The topological polar surface area (TPSA) is 84.0 Å². The fourth-order valence-corrected chi connectivity index (χ4v) is 5.00. The van der Waals surface area contributed by atoms with Crippen molar-refractivity contribution in [2.45, 2.75) is 25.8 Å². The number of carbonyl (C=O) groups excluding carboxylic acids is 4. The Labute approximate surface area is 215 Å². The van der Waals surface area contributed by atoms with Crippen LogP contribution in [0.1, 0.15) is 55.0 Å². The summed E-state index contributed by atoms with van der Waals surface area (Å²) in [4.78, 5) is 53.5. The predicted molar refractivity (Wildman–Crippen MR) is 137 cm³/mol. The third kappa shape index (κ3) is 5.45. The molecule has 2 aliphatic rings. The second-order valence-electron chi connectivity index (χ2n) is 9.53. The highest BCUT2D eigenvalue weighted by Gasteiger charge is 2.35. The molecule has 0 bridgehead atoms. The van der Waals surface area contributed by atoms with Crippen LogP contribution >= 0.6 is 0 Å². The molecule has 0 radical (unpaired) electrons. The molecular formula is C30H28N2O5. The van der Waals surface area contributed by atoms with Gasteiger partial charge in [0.1, 0.15) is 0 Å². The van der Waals surface area contributed by atoms with Crippen LogP contribution in [-0.4, -0.2) is 53.2 Å². The second kappa shape index (κ2) is 10.8. The van der Waals surface area contributed by atoms with Gasteiger partial charge in [0.25, 0.3) is 17.7 Å². The van der Waals surface area contributed by atoms with Crippen molar-refractivity contribution in [2.75, 3.05) is 19.7 Å². The zero-order valence-electron chi connectivity index (χ0n) is 20.5. The first-order valence-electron chi connectivity index (χ1n) is 12.5. The van der Waals surface area contributed by atoms with Gasteiger partial charge in [-0.1, -0.05) is 54.6 Å². The Kier molecular flexibility index (Phi) is 7.12. The van der Waals surface area contributed by atoms with E-state index >= 15 is 0 Å². The number of fused-ring (bicyclic) bond motifs is 1. The van der Waals surface area contributed by atoms with Gasteiger partial charge in [0, 0.05) is 13.1 Å². The van der Waals surface area contributed by atoms with Crippen LogP contribution in [-0.2, 0) is 22.5 Å². The standard InChI is InChI=1S/C30H28N2O5/c33-27(31-15-13-22(14-16-31)17-21-7-2-1-3-8-21)20-37-30(36)24-10-6-9-23(18-24)19-32-28(34)25-11-4-5-12-26(25)29(32)35/h1-12,18,22H,13-17,19-20H2. The lowest BCUT2D eigenvalue weighted by atomic mass is 9.90. The van der Waals surface area contributed by atoms with Crippen LogP contribution in [0.25, 0.3) is 0 Å². The Balaban J connectivity index is 1.12. The van der Waals surface area contributed by atoms with E-state index in [2.05, 4.69) is 12.1 Å². The molecule has 3 aromatic carbocycles. The molecule has 0 aromatic heterocycles. The molecule has 7 nitrogen and oxygen atoms in total. The van der Waals surface area contributed by atoms with E-state index < -0.39 is 5.97 Å². The molecule has 2 heterocycles. The summed E-state index contributed by atoms with van der Waals surface area (Å²) >= 11 is 0. The molecule has 0 saturated carbocycles. The van der Waals surface area contributed by atoms with E-state index in [9.17, 15) is 19.2 Å². The number of rotatable bonds is 7. The average Bonchev–Trinajstić information content (AvgIpc) is 3.17. The van der Waals surface area contributed by atoms with Gasteiger partial charge in [-0.2, -0.15) is 0 Å². The Morgan fingerprint density at radius 2 is 1.41 bits per heavy atom. The van der Waals surface area contributed by atoms with Gasteiger partial charge in [0.05, 0.1) is 23.2 Å². The lowest BCUT2D eigenvalue weighted by Gasteiger charge is -2.32. The summed E-state index contributed by atoms with van der Waals surface area (Å²) in [5.74, 6) is -0.984. The van der Waals surface area contributed by atoms with Gasteiger partial charge in [-0.3, -0.25) is 19.3 Å². The first-order chi connectivity index (χ1) is 18.0. The van der Waals surface area contributed by atoms with E-state index in [4.69, 9.17) is 4.74 Å². The highest BCUT2D eigenvalue weighted by molar-refractivity contribution is 6.21. The molecule has 7 heteroatoms. The Morgan fingerprint density at radius 1 is 0.784 bits per heavy atom. The van der Waals surface area contributed by atoms with Crippen molar-refractivity contribution in [3.05, 3.63) is 107 Å². The molecule has 37 heavy (non-hydrogen) atoms. The normalized spacial score (nSPS) is 15.6. The molecule has 1 saturated heterocycles. The van der Waals surface area contributed by atoms with Gasteiger partial charge in [-0.15, -0.1) is 0 Å². The molecule has 0 atom stereocenters. The van der Waals surface area contributed by atoms with Crippen molar-refractivity contribution in [3.63, 3.8) is 0 Å². The minimum Gasteiger partial charge on any atom is -0.452 e. The summed E-state index contributed by atoms with van der Waals surface area (Å²) in [6.07, 6.45) is 2.86. The Bertz CT molecular complexity index is 1290. The minimum atomic E-state index is -0.614. The Hall–Kier alpha value is -4.26. The highest BCUT2D eigenvalue weighted by Crippen LogP contribution is 2.25. The molecule has 188 valence electrons. The molecule has 0 N–H and O–H groups in total. The number of imide groups is 1. The van der Waals surface area contributed by atoms with Crippen molar-refractivity contribution in [3.8, 4) is 0 Å². The van der Waals surface area contributed by atoms with E-state index in [1.54, 1.807) is 53.4 Å². The van der Waals surface area contributed by atoms with Crippen molar-refractivity contribution in [1.29, 1.82) is 0 Å². The molecule has 5 rings (SSSR count). The zero-order chi connectivity index (χ0) is 25.8. The van der Waals surface area contributed by atoms with Crippen molar-refractivity contribution in [1.82, 2.24) is 9.80 Å². The predicted octanol–water partition coefficient (Wildman–Crippen LogP) is 4.12. The lowest BCUT2D eigenvalue weighted by molar-refractivity contribution is -0.135. The molecule has 3 aromatic rings. The molecular weight excluding hydrogens is 468 g/mol. The summed E-state index contributed by atoms with van der Waals surface area (Å²) in [7, 11) is 0. The summed E-state index contributed by atoms with van der Waals surface area (Å²) < 4.78 is 5.31. The van der Waals surface area contributed by atoms with Gasteiger partial charge in [0.15, 0.2) is 6.61 Å². The minimum absolute atomic E-state index is 0.0460. The number of ether oxygens (including phenoxy) is 1. The summed E-state index contributed by atoms with van der Waals surface area (Å²) in [6.45, 7) is 1.04. The van der Waals surface area contributed by atoms with Gasteiger partial charge in [0.2, 0.25) is 0 Å². The van der Waals surface area contributed by atoms with Crippen LogP contribution in [0.15, 0.2) is 78.9 Å². The van der Waals surface area contributed by atoms with Gasteiger partial charge < -0.3 is 9.64 Å². The van der Waals surface area contributed by atoms with E-state index in [1.807, 2.05) is 18.2 Å². The average molecular weight is 497 g/mol. The fourth-order valence-electron chi connectivity index (χ4n) is 5.00. The van der Waals surface area contributed by atoms with E-state index in [0.717, 1.165) is 19.3 Å². The van der Waals surface area contributed by atoms with E-state index in [-0.39, 0.29) is 36.4 Å². The third-order valence-electron chi connectivity index (χ3n) is 7.04. The van der Waals surface area contributed by atoms with Crippen LogP contribution < -0.4 is 0 Å². The summed E-state index contributed by atoms with van der Waals surface area (Å²) in [6, 6.07) is 23.7. The maximum absolute atomic E-state index is 12.6. The van der Waals surface area contributed by atoms with Crippen LogP contribution in [0.5, 0.6) is 0 Å². The SMILES string of the molecule is O=C(OCC(=O)N1CCC(Cc2ccccc2)CC1)c1cccc(CN2C(=O)c3ccccc3C2=O)c1. The van der Waals surface area contributed by atoms with Crippen LogP contribution in [0.3, 0.4) is 0 Å². The maximum Gasteiger partial charge on any atom is 0.338 e. The first kappa shape index (κ1) is 24.4. The van der Waals surface area contributed by atoms with Gasteiger partial charge in [-0.05, 0) is 60.6 Å². The molecule has 2 aliphatic heterocycles. The zero-order valence-corrected chi connectivity index (χ0v) is 20.5. The van der Waals surface area contributed by atoms with Crippen LogP contribution in [0.2, 0.25) is 0 Å². The number of amides is 3. The quantitative estimate of drug-likeness (QED) is 0.363.